The van der Waals surface area contributed by atoms with Gasteiger partial charge in [-0.2, -0.15) is 4.99 Å². The van der Waals surface area contributed by atoms with E-state index < -0.39 is 5.91 Å². The normalized spacial score (nSPS) is 11.4. The molecule has 0 radical (unpaired) electrons. The van der Waals surface area contributed by atoms with Crippen LogP contribution in [0.3, 0.4) is 0 Å². The number of rotatable bonds is 4. The van der Waals surface area contributed by atoms with E-state index in [0.29, 0.717) is 18.2 Å². The van der Waals surface area contributed by atoms with Crippen LogP contribution >= 0.6 is 12.4 Å². The van der Waals surface area contributed by atoms with Crippen molar-refractivity contribution < 1.29 is 9.53 Å². The number of hydrogen-bond donors (Lipinski definition) is 3. The molecule has 1 heterocycles. The van der Waals surface area contributed by atoms with Gasteiger partial charge in [-0.3, -0.25) is 4.79 Å². The number of halogens is 1. The van der Waals surface area contributed by atoms with Crippen molar-refractivity contribution in [3.63, 3.8) is 0 Å². The number of guanidine groups is 1. The smallest absolute Gasteiger partial charge is 0.296 e. The van der Waals surface area contributed by atoms with Crippen LogP contribution in [0, 0.1) is 5.92 Å². The van der Waals surface area contributed by atoms with Crippen LogP contribution in [0.15, 0.2) is 29.3 Å². The highest BCUT2D eigenvalue weighted by Gasteiger charge is 2.12. The van der Waals surface area contributed by atoms with Crippen LogP contribution in [-0.4, -0.2) is 30.5 Å². The van der Waals surface area contributed by atoms with Gasteiger partial charge in [-0.15, -0.1) is 12.4 Å². The van der Waals surface area contributed by atoms with Gasteiger partial charge >= 0.3 is 0 Å². The molecule has 0 saturated carbocycles. The number of benzene rings is 1. The summed E-state index contributed by atoms with van der Waals surface area (Å²) in [6, 6.07) is 7.39. The number of carbonyl (C=O) groups is 1. The monoisotopic (exact) mass is 324 g/mol. The van der Waals surface area contributed by atoms with Crippen molar-refractivity contribution in [1.29, 1.82) is 0 Å². The number of H-pyrrole nitrogens is 1. The average Bonchev–Trinajstić information content (AvgIpc) is 2.89. The Balaban J connectivity index is 0.00000242. The van der Waals surface area contributed by atoms with Gasteiger partial charge in [0.05, 0.1) is 6.61 Å². The number of aromatic nitrogens is 1. The molecular formula is C15H21ClN4O2. The minimum absolute atomic E-state index is 0. The molecule has 2 aromatic rings. The molecule has 120 valence electrons. The summed E-state index contributed by atoms with van der Waals surface area (Å²) in [7, 11) is 1.61. The van der Waals surface area contributed by atoms with Crippen molar-refractivity contribution in [2.24, 2.45) is 16.6 Å². The molecule has 0 fully saturated rings. The molecule has 7 heteroatoms. The second-order valence-electron chi connectivity index (χ2n) is 5.16. The van der Waals surface area contributed by atoms with Gasteiger partial charge in [-0.25, -0.2) is 0 Å². The standard InChI is InChI=1S/C15H20N4O2.ClH/c1-9(2)8-21-13-6-4-5-11-10(13)7-12(18-11)14(20)19-15(16)17-3;/h4-7,9,18H,8H2,1-3H3,(H3,16,17,19,20);1H. The number of fused-ring (bicyclic) bond motifs is 1. The molecule has 1 amide bonds. The summed E-state index contributed by atoms with van der Waals surface area (Å²) in [5, 5.41) is 3.47. The fourth-order valence-corrected chi connectivity index (χ4v) is 1.85. The van der Waals surface area contributed by atoms with E-state index in [0.717, 1.165) is 16.7 Å². The fourth-order valence-electron chi connectivity index (χ4n) is 1.85. The molecule has 0 aliphatic carbocycles. The number of hydrogen-bond acceptors (Lipinski definition) is 2. The van der Waals surface area contributed by atoms with Crippen molar-refractivity contribution in [3.05, 3.63) is 30.0 Å². The molecule has 0 aliphatic heterocycles. The first-order valence-electron chi connectivity index (χ1n) is 6.82. The van der Waals surface area contributed by atoms with Gasteiger partial charge in [-0.05, 0) is 24.1 Å². The molecule has 4 N–H and O–H groups in total. The topological polar surface area (TPSA) is 92.5 Å². The Kier molecular flexibility index (Phi) is 6.24. The maximum Gasteiger partial charge on any atom is 0.296 e. The van der Waals surface area contributed by atoms with Crippen LogP contribution in [0.5, 0.6) is 5.75 Å². The highest BCUT2D eigenvalue weighted by Crippen LogP contribution is 2.27. The lowest BCUT2D eigenvalue weighted by Crippen LogP contribution is -2.28. The quantitative estimate of drug-likeness (QED) is 0.594. The van der Waals surface area contributed by atoms with Crippen molar-refractivity contribution in [2.45, 2.75) is 13.8 Å². The van der Waals surface area contributed by atoms with Crippen LogP contribution in [0.1, 0.15) is 24.3 Å². The number of nitrogens with two attached hydrogens (primary N) is 1. The van der Waals surface area contributed by atoms with Gasteiger partial charge in [0.2, 0.25) is 0 Å². The second kappa shape index (κ2) is 7.70. The Labute approximate surface area is 135 Å². The fraction of sp³-hybridized carbons (Fsp3) is 0.333. The van der Waals surface area contributed by atoms with E-state index in [1.54, 1.807) is 13.1 Å². The van der Waals surface area contributed by atoms with E-state index in [4.69, 9.17) is 10.5 Å². The highest BCUT2D eigenvalue weighted by atomic mass is 35.5. The molecule has 0 bridgehead atoms. The zero-order valence-corrected chi connectivity index (χ0v) is 13.7. The minimum Gasteiger partial charge on any atom is -0.493 e. The molecule has 0 saturated heterocycles. The van der Waals surface area contributed by atoms with Crippen molar-refractivity contribution in [3.8, 4) is 5.75 Å². The maximum atomic E-state index is 12.0. The average molecular weight is 325 g/mol. The van der Waals surface area contributed by atoms with Crippen LogP contribution in [0.4, 0.5) is 0 Å². The minimum atomic E-state index is -0.423. The van der Waals surface area contributed by atoms with Gasteiger partial charge in [-0.1, -0.05) is 19.9 Å². The van der Waals surface area contributed by atoms with Crippen molar-refractivity contribution in [1.82, 2.24) is 10.3 Å². The first-order chi connectivity index (χ1) is 10.0. The largest absolute Gasteiger partial charge is 0.493 e. The zero-order chi connectivity index (χ0) is 15.4. The van der Waals surface area contributed by atoms with Crippen molar-refractivity contribution >= 4 is 35.2 Å². The Morgan fingerprint density at radius 2 is 2.18 bits per heavy atom. The molecule has 0 aliphatic rings. The van der Waals surface area contributed by atoms with Crippen LogP contribution < -0.4 is 15.8 Å². The lowest BCUT2D eigenvalue weighted by atomic mass is 10.2. The Bertz CT molecular complexity index is 679. The van der Waals surface area contributed by atoms with Crippen LogP contribution in [-0.2, 0) is 0 Å². The Hall–Kier alpha value is -2.21. The van der Waals surface area contributed by atoms with E-state index >= 15 is 0 Å². The number of ether oxygens (including phenoxy) is 1. The number of carbonyl (C=O) groups excluding carboxylic acids is 1. The van der Waals surface area contributed by atoms with E-state index in [-0.39, 0.29) is 18.4 Å². The van der Waals surface area contributed by atoms with Gasteiger partial charge in [0.1, 0.15) is 11.4 Å². The third kappa shape index (κ3) is 4.14. The number of nitrogens with zero attached hydrogens (tertiary/aromatic N) is 1. The van der Waals surface area contributed by atoms with Crippen molar-refractivity contribution in [2.75, 3.05) is 13.7 Å². The third-order valence-corrected chi connectivity index (χ3v) is 2.90. The van der Waals surface area contributed by atoms with Gasteiger partial charge in [0, 0.05) is 18.0 Å². The Morgan fingerprint density at radius 1 is 1.45 bits per heavy atom. The molecular weight excluding hydrogens is 304 g/mol. The van der Waals surface area contributed by atoms with E-state index in [2.05, 4.69) is 29.1 Å². The number of aromatic amines is 1. The maximum absolute atomic E-state index is 12.0. The van der Waals surface area contributed by atoms with E-state index in [1.807, 2.05) is 18.2 Å². The van der Waals surface area contributed by atoms with E-state index in [9.17, 15) is 4.79 Å². The number of nitrogens with one attached hydrogen (secondary N) is 2. The molecule has 0 spiro atoms. The summed E-state index contributed by atoms with van der Waals surface area (Å²) >= 11 is 0. The van der Waals surface area contributed by atoms with Crippen LogP contribution in [0.2, 0.25) is 0 Å². The molecule has 6 nitrogen and oxygen atoms in total. The summed E-state index contributed by atoms with van der Waals surface area (Å²) in [6.07, 6.45) is 0. The molecule has 1 aromatic heterocycles. The third-order valence-electron chi connectivity index (χ3n) is 2.90. The number of amides is 1. The van der Waals surface area contributed by atoms with E-state index in [1.165, 1.54) is 0 Å². The second-order valence-corrected chi connectivity index (χ2v) is 5.16. The van der Waals surface area contributed by atoms with Gasteiger partial charge in [0.25, 0.3) is 5.91 Å². The predicted octanol–water partition coefficient (Wildman–Crippen LogP) is 2.30. The molecule has 0 unspecified atom stereocenters. The molecule has 1 aromatic carbocycles. The zero-order valence-electron chi connectivity index (χ0n) is 12.8. The summed E-state index contributed by atoms with van der Waals surface area (Å²) < 4.78 is 5.77. The summed E-state index contributed by atoms with van der Waals surface area (Å²) in [4.78, 5) is 18.8. The lowest BCUT2D eigenvalue weighted by molar-refractivity contribution is 0.0998. The first kappa shape index (κ1) is 17.8. The molecule has 22 heavy (non-hydrogen) atoms. The number of aliphatic imine (C=N–C) groups is 1. The summed E-state index contributed by atoms with van der Waals surface area (Å²) in [5.74, 6) is 0.838. The van der Waals surface area contributed by atoms with Gasteiger partial charge < -0.3 is 20.8 Å². The SMILES string of the molecule is CNC(N)=NC(=O)c1cc2c(OCC(C)C)cccc2[nH]1.Cl. The lowest BCUT2D eigenvalue weighted by Gasteiger charge is -2.09. The Morgan fingerprint density at radius 3 is 2.82 bits per heavy atom. The van der Waals surface area contributed by atoms with Gasteiger partial charge in [0.15, 0.2) is 5.96 Å². The summed E-state index contributed by atoms with van der Waals surface area (Å²) in [6.45, 7) is 4.79. The predicted molar refractivity (Wildman–Crippen MR) is 90.9 cm³/mol. The van der Waals surface area contributed by atoms with Crippen LogP contribution in [0.25, 0.3) is 10.9 Å². The summed E-state index contributed by atoms with van der Waals surface area (Å²) in [5.41, 5.74) is 6.71. The highest BCUT2D eigenvalue weighted by molar-refractivity contribution is 6.04. The molecule has 2 rings (SSSR count). The molecule has 0 atom stereocenters. The first-order valence-corrected chi connectivity index (χ1v) is 6.82.